The second kappa shape index (κ2) is 7.26. The molecule has 0 atom stereocenters. The van der Waals surface area contributed by atoms with Crippen LogP contribution in [-0.4, -0.2) is 17.4 Å². The second-order valence-electron chi connectivity index (χ2n) is 4.64. The van der Waals surface area contributed by atoms with Crippen LogP contribution in [0.15, 0.2) is 36.4 Å². The van der Waals surface area contributed by atoms with Gasteiger partial charge in [-0.05, 0) is 36.2 Å². The highest BCUT2D eigenvalue weighted by Gasteiger charge is 2.17. The molecule has 21 heavy (non-hydrogen) atoms. The molecule has 1 heterocycles. The van der Waals surface area contributed by atoms with Crippen LogP contribution >= 0.6 is 22.9 Å². The molecule has 3 nitrogen and oxygen atoms in total. The topological polar surface area (TPSA) is 44.1 Å². The maximum atomic E-state index is 12.5. The number of nitrogens with zero attached hydrogens (tertiary/aromatic N) is 2. The molecule has 0 aliphatic heterocycles. The maximum Gasteiger partial charge on any atom is 0.264 e. The van der Waals surface area contributed by atoms with E-state index in [4.69, 9.17) is 16.9 Å². The zero-order chi connectivity index (χ0) is 15.2. The van der Waals surface area contributed by atoms with Crippen molar-refractivity contribution in [3.63, 3.8) is 0 Å². The van der Waals surface area contributed by atoms with Crippen LogP contribution in [0.25, 0.3) is 0 Å². The SMILES string of the molecule is CCCN(Cc1ccc(C#N)cc1)C(=O)c1ccc(Cl)s1. The summed E-state index contributed by atoms with van der Waals surface area (Å²) >= 11 is 7.19. The van der Waals surface area contributed by atoms with Crippen molar-refractivity contribution in [2.24, 2.45) is 0 Å². The standard InChI is InChI=1S/C16H15ClN2OS/c1-2-9-19(16(20)14-7-8-15(17)21-14)11-13-5-3-12(10-18)4-6-13/h3-8H,2,9,11H2,1H3. The zero-order valence-electron chi connectivity index (χ0n) is 11.7. The molecular formula is C16H15ClN2OS. The first-order valence-electron chi connectivity index (χ1n) is 6.67. The molecule has 0 fully saturated rings. The van der Waals surface area contributed by atoms with Gasteiger partial charge in [-0.15, -0.1) is 11.3 Å². The van der Waals surface area contributed by atoms with Crippen LogP contribution in [0.2, 0.25) is 4.34 Å². The molecule has 0 aliphatic carbocycles. The minimum atomic E-state index is -0.00175. The summed E-state index contributed by atoms with van der Waals surface area (Å²) in [6.07, 6.45) is 0.890. The van der Waals surface area contributed by atoms with Crippen molar-refractivity contribution in [3.8, 4) is 6.07 Å². The zero-order valence-corrected chi connectivity index (χ0v) is 13.2. The van der Waals surface area contributed by atoms with Gasteiger partial charge >= 0.3 is 0 Å². The highest BCUT2D eigenvalue weighted by atomic mass is 35.5. The van der Waals surface area contributed by atoms with Crippen LogP contribution in [0.3, 0.4) is 0 Å². The number of hydrogen-bond donors (Lipinski definition) is 0. The molecular weight excluding hydrogens is 304 g/mol. The fraction of sp³-hybridized carbons (Fsp3) is 0.250. The molecule has 0 spiro atoms. The number of thiophene rings is 1. The first kappa shape index (κ1) is 15.6. The third kappa shape index (κ3) is 4.07. The van der Waals surface area contributed by atoms with Crippen molar-refractivity contribution in [3.05, 3.63) is 56.7 Å². The quantitative estimate of drug-likeness (QED) is 0.823. The summed E-state index contributed by atoms with van der Waals surface area (Å²) in [6, 6.07) is 12.9. The number of nitriles is 1. The number of carbonyl (C=O) groups is 1. The molecule has 0 saturated carbocycles. The van der Waals surface area contributed by atoms with Crippen molar-refractivity contribution in [1.29, 1.82) is 5.26 Å². The van der Waals surface area contributed by atoms with Crippen molar-refractivity contribution >= 4 is 28.8 Å². The lowest BCUT2D eigenvalue weighted by molar-refractivity contribution is 0.0748. The fourth-order valence-electron chi connectivity index (χ4n) is 2.01. The molecule has 0 radical (unpaired) electrons. The number of halogens is 1. The lowest BCUT2D eigenvalue weighted by Crippen LogP contribution is -2.30. The molecule has 108 valence electrons. The Kier molecular flexibility index (Phi) is 5.38. The van der Waals surface area contributed by atoms with E-state index in [1.54, 1.807) is 24.3 Å². The van der Waals surface area contributed by atoms with E-state index in [9.17, 15) is 4.79 Å². The summed E-state index contributed by atoms with van der Waals surface area (Å²) in [7, 11) is 0. The molecule has 0 saturated heterocycles. The predicted octanol–water partition coefficient (Wildman–Crippen LogP) is 4.33. The van der Waals surface area contributed by atoms with Gasteiger partial charge in [-0.3, -0.25) is 4.79 Å². The van der Waals surface area contributed by atoms with Crippen LogP contribution in [-0.2, 0) is 6.54 Å². The summed E-state index contributed by atoms with van der Waals surface area (Å²) in [4.78, 5) is 15.0. The van der Waals surface area contributed by atoms with Gasteiger partial charge in [-0.1, -0.05) is 30.7 Å². The van der Waals surface area contributed by atoms with Gasteiger partial charge < -0.3 is 4.90 Å². The smallest absolute Gasteiger partial charge is 0.264 e. The van der Waals surface area contributed by atoms with Crippen LogP contribution in [0.4, 0.5) is 0 Å². The van der Waals surface area contributed by atoms with E-state index in [1.165, 1.54) is 11.3 Å². The molecule has 2 rings (SSSR count). The second-order valence-corrected chi connectivity index (χ2v) is 6.35. The average molecular weight is 319 g/mol. The molecule has 1 amide bonds. The number of rotatable bonds is 5. The monoisotopic (exact) mass is 318 g/mol. The lowest BCUT2D eigenvalue weighted by atomic mass is 10.1. The summed E-state index contributed by atoms with van der Waals surface area (Å²) in [5.74, 6) is -0.00175. The van der Waals surface area contributed by atoms with Crippen molar-refractivity contribution < 1.29 is 4.79 Å². The lowest BCUT2D eigenvalue weighted by Gasteiger charge is -2.21. The van der Waals surface area contributed by atoms with E-state index in [-0.39, 0.29) is 5.91 Å². The van der Waals surface area contributed by atoms with Crippen molar-refractivity contribution in [2.45, 2.75) is 19.9 Å². The van der Waals surface area contributed by atoms with Gasteiger partial charge in [-0.2, -0.15) is 5.26 Å². The summed E-state index contributed by atoms with van der Waals surface area (Å²) in [5.41, 5.74) is 1.63. The Balaban J connectivity index is 2.14. The Bertz CT molecular complexity index is 658. The molecule has 1 aromatic carbocycles. The summed E-state index contributed by atoms with van der Waals surface area (Å²) in [5, 5.41) is 8.81. The molecule has 0 aliphatic rings. The third-order valence-corrected chi connectivity index (χ3v) is 4.24. The largest absolute Gasteiger partial charge is 0.334 e. The highest BCUT2D eigenvalue weighted by Crippen LogP contribution is 2.23. The van der Waals surface area contributed by atoms with Gasteiger partial charge in [0.1, 0.15) is 0 Å². The first-order chi connectivity index (χ1) is 10.1. The van der Waals surface area contributed by atoms with Gasteiger partial charge in [0, 0.05) is 13.1 Å². The molecule has 2 aromatic rings. The maximum absolute atomic E-state index is 12.5. The molecule has 0 bridgehead atoms. The van der Waals surface area contributed by atoms with Crippen LogP contribution < -0.4 is 0 Å². The predicted molar refractivity (Wildman–Crippen MR) is 85.5 cm³/mol. The van der Waals surface area contributed by atoms with Gasteiger partial charge in [0.2, 0.25) is 0 Å². The highest BCUT2D eigenvalue weighted by molar-refractivity contribution is 7.17. The van der Waals surface area contributed by atoms with E-state index >= 15 is 0 Å². The Hall–Kier alpha value is -1.83. The Labute approximate surface area is 133 Å². The van der Waals surface area contributed by atoms with Gasteiger partial charge in [0.25, 0.3) is 5.91 Å². The van der Waals surface area contributed by atoms with Crippen LogP contribution in [0.1, 0.15) is 34.1 Å². The fourth-order valence-corrected chi connectivity index (χ4v) is 3.02. The number of benzene rings is 1. The Morgan fingerprint density at radius 3 is 2.52 bits per heavy atom. The number of hydrogen-bond acceptors (Lipinski definition) is 3. The molecule has 5 heteroatoms. The molecule has 0 unspecified atom stereocenters. The normalized spacial score (nSPS) is 10.1. The Morgan fingerprint density at radius 2 is 2.00 bits per heavy atom. The van der Waals surface area contributed by atoms with Gasteiger partial charge in [0.15, 0.2) is 0 Å². The summed E-state index contributed by atoms with van der Waals surface area (Å²) in [6.45, 7) is 3.27. The Morgan fingerprint density at radius 1 is 1.29 bits per heavy atom. The molecule has 0 N–H and O–H groups in total. The average Bonchev–Trinajstić information content (AvgIpc) is 2.93. The van der Waals surface area contributed by atoms with Crippen LogP contribution in [0, 0.1) is 11.3 Å². The summed E-state index contributed by atoms with van der Waals surface area (Å²) < 4.78 is 0.619. The first-order valence-corrected chi connectivity index (χ1v) is 7.87. The third-order valence-electron chi connectivity index (χ3n) is 3.02. The van der Waals surface area contributed by atoms with E-state index in [1.807, 2.05) is 24.0 Å². The van der Waals surface area contributed by atoms with Gasteiger partial charge in [-0.25, -0.2) is 0 Å². The van der Waals surface area contributed by atoms with Gasteiger partial charge in [0.05, 0.1) is 20.8 Å². The number of amides is 1. The minimum absolute atomic E-state index is 0.00175. The van der Waals surface area contributed by atoms with Crippen LogP contribution in [0.5, 0.6) is 0 Å². The number of carbonyl (C=O) groups excluding carboxylic acids is 1. The van der Waals surface area contributed by atoms with E-state index in [0.29, 0.717) is 27.9 Å². The molecule has 1 aromatic heterocycles. The van der Waals surface area contributed by atoms with E-state index in [2.05, 4.69) is 6.07 Å². The van der Waals surface area contributed by atoms with Crippen molar-refractivity contribution in [1.82, 2.24) is 4.90 Å². The van der Waals surface area contributed by atoms with E-state index in [0.717, 1.165) is 12.0 Å². The van der Waals surface area contributed by atoms with Crippen molar-refractivity contribution in [2.75, 3.05) is 6.54 Å². The van der Waals surface area contributed by atoms with E-state index < -0.39 is 0 Å². The minimum Gasteiger partial charge on any atom is -0.334 e.